The SMILES string of the molecule is CCOc1cccc(NC(C)(C)CCO)n1. The molecule has 4 nitrogen and oxygen atoms in total. The Bertz CT molecular complexity index is 327. The maximum atomic E-state index is 8.93. The summed E-state index contributed by atoms with van der Waals surface area (Å²) >= 11 is 0. The van der Waals surface area contributed by atoms with E-state index in [1.807, 2.05) is 39.0 Å². The first-order valence-corrected chi connectivity index (χ1v) is 5.56. The highest BCUT2D eigenvalue weighted by atomic mass is 16.5. The molecule has 1 heterocycles. The Morgan fingerprint density at radius 2 is 2.19 bits per heavy atom. The summed E-state index contributed by atoms with van der Waals surface area (Å²) in [6.07, 6.45) is 0.674. The molecule has 1 aromatic rings. The van der Waals surface area contributed by atoms with E-state index in [0.29, 0.717) is 18.9 Å². The molecule has 0 aromatic carbocycles. The van der Waals surface area contributed by atoms with E-state index < -0.39 is 0 Å². The minimum atomic E-state index is -0.174. The van der Waals surface area contributed by atoms with Crippen molar-refractivity contribution in [1.29, 1.82) is 0 Å². The Hall–Kier alpha value is -1.29. The average molecular weight is 224 g/mol. The quantitative estimate of drug-likeness (QED) is 0.776. The molecule has 0 aliphatic heterocycles. The summed E-state index contributed by atoms with van der Waals surface area (Å²) < 4.78 is 5.32. The van der Waals surface area contributed by atoms with Gasteiger partial charge in [0.15, 0.2) is 0 Å². The Morgan fingerprint density at radius 1 is 1.44 bits per heavy atom. The number of nitrogens with one attached hydrogen (secondary N) is 1. The van der Waals surface area contributed by atoms with Gasteiger partial charge in [0.25, 0.3) is 0 Å². The van der Waals surface area contributed by atoms with Crippen molar-refractivity contribution in [3.05, 3.63) is 18.2 Å². The minimum absolute atomic E-state index is 0.158. The van der Waals surface area contributed by atoms with Gasteiger partial charge in [-0.2, -0.15) is 4.98 Å². The van der Waals surface area contributed by atoms with Crippen molar-refractivity contribution < 1.29 is 9.84 Å². The standard InChI is InChI=1S/C12H20N2O2/c1-4-16-11-7-5-6-10(13-11)14-12(2,3)8-9-15/h5-7,15H,4,8-9H2,1-3H3,(H,13,14). The summed E-state index contributed by atoms with van der Waals surface area (Å²) in [5.41, 5.74) is -0.174. The van der Waals surface area contributed by atoms with E-state index in [9.17, 15) is 0 Å². The number of rotatable bonds is 6. The van der Waals surface area contributed by atoms with Gasteiger partial charge in [-0.1, -0.05) is 6.07 Å². The molecule has 0 amide bonds. The number of pyridine rings is 1. The fraction of sp³-hybridized carbons (Fsp3) is 0.583. The molecule has 2 N–H and O–H groups in total. The number of aliphatic hydroxyl groups is 1. The van der Waals surface area contributed by atoms with Crippen molar-refractivity contribution in [3.63, 3.8) is 0 Å². The van der Waals surface area contributed by atoms with Gasteiger partial charge in [0.05, 0.1) is 6.61 Å². The fourth-order valence-corrected chi connectivity index (χ4v) is 1.40. The summed E-state index contributed by atoms with van der Waals surface area (Å²) in [5, 5.41) is 12.2. The summed E-state index contributed by atoms with van der Waals surface area (Å²) in [6, 6.07) is 5.62. The number of aromatic nitrogens is 1. The lowest BCUT2D eigenvalue weighted by molar-refractivity contribution is 0.260. The van der Waals surface area contributed by atoms with Crippen molar-refractivity contribution in [3.8, 4) is 5.88 Å². The summed E-state index contributed by atoms with van der Waals surface area (Å²) in [4.78, 5) is 4.31. The largest absolute Gasteiger partial charge is 0.478 e. The molecule has 4 heteroatoms. The first kappa shape index (κ1) is 12.8. The second-order valence-corrected chi connectivity index (χ2v) is 4.28. The highest BCUT2D eigenvalue weighted by molar-refractivity contribution is 5.39. The number of ether oxygens (including phenoxy) is 1. The van der Waals surface area contributed by atoms with E-state index in [4.69, 9.17) is 9.84 Å². The smallest absolute Gasteiger partial charge is 0.215 e. The van der Waals surface area contributed by atoms with Crippen LogP contribution in [-0.2, 0) is 0 Å². The van der Waals surface area contributed by atoms with Crippen LogP contribution in [0.25, 0.3) is 0 Å². The van der Waals surface area contributed by atoms with Gasteiger partial charge < -0.3 is 15.2 Å². The second kappa shape index (κ2) is 5.70. The summed E-state index contributed by atoms with van der Waals surface area (Å²) in [6.45, 7) is 6.75. The normalized spacial score (nSPS) is 11.2. The molecule has 16 heavy (non-hydrogen) atoms. The van der Waals surface area contributed by atoms with Crippen LogP contribution >= 0.6 is 0 Å². The third kappa shape index (κ3) is 4.06. The Morgan fingerprint density at radius 3 is 2.81 bits per heavy atom. The van der Waals surface area contributed by atoms with Crippen molar-refractivity contribution in [2.45, 2.75) is 32.7 Å². The van der Waals surface area contributed by atoms with Crippen molar-refractivity contribution in [2.24, 2.45) is 0 Å². The highest BCUT2D eigenvalue weighted by Gasteiger charge is 2.17. The molecule has 90 valence electrons. The predicted molar refractivity (Wildman–Crippen MR) is 64.8 cm³/mol. The zero-order valence-corrected chi connectivity index (χ0v) is 10.2. The first-order valence-electron chi connectivity index (χ1n) is 5.56. The minimum Gasteiger partial charge on any atom is -0.478 e. The van der Waals surface area contributed by atoms with Gasteiger partial charge in [0.2, 0.25) is 5.88 Å². The summed E-state index contributed by atoms with van der Waals surface area (Å²) in [7, 11) is 0. The van der Waals surface area contributed by atoms with E-state index in [1.54, 1.807) is 0 Å². The second-order valence-electron chi connectivity index (χ2n) is 4.28. The molecular formula is C12H20N2O2. The topological polar surface area (TPSA) is 54.4 Å². The van der Waals surface area contributed by atoms with Gasteiger partial charge in [-0.05, 0) is 33.3 Å². The van der Waals surface area contributed by atoms with Gasteiger partial charge in [-0.25, -0.2) is 0 Å². The fourth-order valence-electron chi connectivity index (χ4n) is 1.40. The molecule has 1 rings (SSSR count). The van der Waals surface area contributed by atoms with Crippen LogP contribution < -0.4 is 10.1 Å². The van der Waals surface area contributed by atoms with Gasteiger partial charge in [0, 0.05) is 18.2 Å². The van der Waals surface area contributed by atoms with Gasteiger partial charge in [-0.3, -0.25) is 0 Å². The molecule has 0 fully saturated rings. The van der Waals surface area contributed by atoms with Crippen LogP contribution in [0.2, 0.25) is 0 Å². The Labute approximate surface area is 96.7 Å². The molecule has 0 radical (unpaired) electrons. The molecule has 0 bridgehead atoms. The Balaban J connectivity index is 2.69. The molecule has 0 atom stereocenters. The maximum absolute atomic E-state index is 8.93. The van der Waals surface area contributed by atoms with Crippen LogP contribution in [0.5, 0.6) is 5.88 Å². The van der Waals surface area contributed by atoms with E-state index >= 15 is 0 Å². The third-order valence-electron chi connectivity index (χ3n) is 2.22. The lowest BCUT2D eigenvalue weighted by atomic mass is 10.0. The third-order valence-corrected chi connectivity index (χ3v) is 2.22. The zero-order valence-electron chi connectivity index (χ0n) is 10.2. The van der Waals surface area contributed by atoms with Crippen LogP contribution in [0, 0.1) is 0 Å². The lowest BCUT2D eigenvalue weighted by Gasteiger charge is -2.26. The molecule has 0 saturated carbocycles. The van der Waals surface area contributed by atoms with E-state index in [1.165, 1.54) is 0 Å². The van der Waals surface area contributed by atoms with Gasteiger partial charge in [-0.15, -0.1) is 0 Å². The van der Waals surface area contributed by atoms with Crippen LogP contribution in [0.15, 0.2) is 18.2 Å². The number of aliphatic hydroxyl groups excluding tert-OH is 1. The molecular weight excluding hydrogens is 204 g/mol. The number of hydrogen-bond acceptors (Lipinski definition) is 4. The lowest BCUT2D eigenvalue weighted by Crippen LogP contribution is -2.32. The molecule has 0 spiro atoms. The van der Waals surface area contributed by atoms with Crippen LogP contribution in [0.1, 0.15) is 27.2 Å². The molecule has 0 aliphatic rings. The molecule has 0 saturated heterocycles. The van der Waals surface area contributed by atoms with Crippen molar-refractivity contribution in [1.82, 2.24) is 4.98 Å². The summed E-state index contributed by atoms with van der Waals surface area (Å²) in [5.74, 6) is 1.39. The van der Waals surface area contributed by atoms with Crippen LogP contribution in [0.3, 0.4) is 0 Å². The van der Waals surface area contributed by atoms with Gasteiger partial charge >= 0.3 is 0 Å². The monoisotopic (exact) mass is 224 g/mol. The van der Waals surface area contributed by atoms with E-state index in [-0.39, 0.29) is 12.1 Å². The molecule has 0 aliphatic carbocycles. The predicted octanol–water partition coefficient (Wildman–Crippen LogP) is 2.05. The maximum Gasteiger partial charge on any atom is 0.215 e. The number of hydrogen-bond donors (Lipinski definition) is 2. The van der Waals surface area contributed by atoms with Crippen molar-refractivity contribution >= 4 is 5.82 Å². The van der Waals surface area contributed by atoms with Gasteiger partial charge in [0.1, 0.15) is 5.82 Å². The molecule has 1 aromatic heterocycles. The number of anilines is 1. The highest BCUT2D eigenvalue weighted by Crippen LogP contribution is 2.18. The van der Waals surface area contributed by atoms with Crippen LogP contribution in [0.4, 0.5) is 5.82 Å². The molecule has 0 unspecified atom stereocenters. The Kier molecular flexibility index (Phi) is 4.55. The zero-order chi connectivity index (χ0) is 12.0. The number of nitrogens with zero attached hydrogens (tertiary/aromatic N) is 1. The van der Waals surface area contributed by atoms with E-state index in [0.717, 1.165) is 5.82 Å². The average Bonchev–Trinajstić information content (AvgIpc) is 2.17. The van der Waals surface area contributed by atoms with E-state index in [2.05, 4.69) is 10.3 Å². The first-order chi connectivity index (χ1) is 7.57. The van der Waals surface area contributed by atoms with Crippen LogP contribution in [-0.4, -0.2) is 28.8 Å². The van der Waals surface area contributed by atoms with Crippen molar-refractivity contribution in [2.75, 3.05) is 18.5 Å².